The zero-order valence-corrected chi connectivity index (χ0v) is 18.6. The van der Waals surface area contributed by atoms with Gasteiger partial charge in [0.25, 0.3) is 0 Å². The maximum absolute atomic E-state index is 12.6. The fraction of sp³-hybridized carbons (Fsp3) is 0.652. The summed E-state index contributed by atoms with van der Waals surface area (Å²) in [6.45, 7) is 2.45. The first kappa shape index (κ1) is 22.2. The third-order valence-electron chi connectivity index (χ3n) is 6.15. The molecule has 7 nitrogen and oxygen atoms in total. The topological polar surface area (TPSA) is 75.2 Å². The van der Waals surface area contributed by atoms with Gasteiger partial charge in [0.05, 0.1) is 14.2 Å². The number of nitrogens with zero attached hydrogens (tertiary/aromatic N) is 2. The Hall–Kier alpha value is -2.44. The average Bonchev–Trinajstić information content (AvgIpc) is 3.47. The minimum absolute atomic E-state index is 0.262. The van der Waals surface area contributed by atoms with Crippen molar-refractivity contribution in [3.63, 3.8) is 0 Å². The molecule has 166 valence electrons. The lowest BCUT2D eigenvalue weighted by molar-refractivity contribution is -0.134. The van der Waals surface area contributed by atoms with Gasteiger partial charge >= 0.3 is 0 Å². The first-order chi connectivity index (χ1) is 14.6. The van der Waals surface area contributed by atoms with Crippen molar-refractivity contribution in [1.29, 1.82) is 0 Å². The lowest BCUT2D eigenvalue weighted by atomic mass is 10.1. The highest BCUT2D eigenvalue weighted by molar-refractivity contribution is 5.81. The molecule has 1 heterocycles. The van der Waals surface area contributed by atoms with Crippen LogP contribution in [0.1, 0.15) is 44.1 Å². The molecule has 3 rings (SSSR count). The molecule has 0 radical (unpaired) electrons. The van der Waals surface area contributed by atoms with E-state index in [2.05, 4.69) is 21.7 Å². The van der Waals surface area contributed by atoms with Crippen LogP contribution in [0, 0.1) is 5.92 Å². The van der Waals surface area contributed by atoms with E-state index in [4.69, 9.17) is 9.47 Å². The molecular formula is C23H36N4O3. The molecule has 1 aromatic rings. The van der Waals surface area contributed by atoms with E-state index in [0.29, 0.717) is 5.91 Å². The van der Waals surface area contributed by atoms with Gasteiger partial charge in [-0.15, -0.1) is 0 Å². The quantitative estimate of drug-likeness (QED) is 0.387. The van der Waals surface area contributed by atoms with Crippen LogP contribution in [-0.4, -0.2) is 63.7 Å². The van der Waals surface area contributed by atoms with Gasteiger partial charge in [-0.25, -0.2) is 0 Å². The highest BCUT2D eigenvalue weighted by Gasteiger charge is 2.32. The van der Waals surface area contributed by atoms with Crippen LogP contribution < -0.4 is 20.1 Å². The number of hydrogen-bond donors (Lipinski definition) is 2. The van der Waals surface area contributed by atoms with Gasteiger partial charge < -0.3 is 25.0 Å². The number of aryl methyl sites for hydroxylation is 1. The van der Waals surface area contributed by atoms with Gasteiger partial charge in [0.1, 0.15) is 0 Å². The molecule has 2 N–H and O–H groups in total. The van der Waals surface area contributed by atoms with Crippen LogP contribution in [0.3, 0.4) is 0 Å². The number of methoxy groups -OCH3 is 2. The second kappa shape index (κ2) is 11.1. The number of likely N-dealkylation sites (tertiary alicyclic amines) is 1. The van der Waals surface area contributed by atoms with Crippen molar-refractivity contribution in [2.75, 3.05) is 40.9 Å². The van der Waals surface area contributed by atoms with Crippen LogP contribution in [0.5, 0.6) is 11.5 Å². The molecular weight excluding hydrogens is 380 g/mol. The highest BCUT2D eigenvalue weighted by atomic mass is 16.5. The van der Waals surface area contributed by atoms with Crippen LogP contribution in [0.4, 0.5) is 0 Å². The summed E-state index contributed by atoms with van der Waals surface area (Å²) in [6.07, 6.45) is 7.43. The standard InChI is InChI=1S/C23H36N4O3/c1-24-23(25-13-6-7-17-10-11-20(29-2)21(15-17)30-3)26-19-12-14-27(16-19)22(28)18-8-4-5-9-18/h10-11,15,18-19H,4-9,12-14,16H2,1-3H3,(H2,24,25,26). The van der Waals surface area contributed by atoms with Crippen molar-refractivity contribution in [2.45, 2.75) is 51.0 Å². The van der Waals surface area contributed by atoms with Gasteiger partial charge in [0, 0.05) is 38.6 Å². The zero-order chi connectivity index (χ0) is 21.3. The molecule has 30 heavy (non-hydrogen) atoms. The number of guanidine groups is 1. The van der Waals surface area contributed by atoms with Crippen LogP contribution >= 0.6 is 0 Å². The molecule has 0 aromatic heterocycles. The minimum Gasteiger partial charge on any atom is -0.493 e. The second-order valence-corrected chi connectivity index (χ2v) is 8.19. The van der Waals surface area contributed by atoms with Crippen molar-refractivity contribution >= 4 is 11.9 Å². The van der Waals surface area contributed by atoms with Gasteiger partial charge in [0.15, 0.2) is 17.5 Å². The summed E-state index contributed by atoms with van der Waals surface area (Å²) in [5.41, 5.74) is 1.22. The molecule has 0 bridgehead atoms. The largest absolute Gasteiger partial charge is 0.493 e. The van der Waals surface area contributed by atoms with Gasteiger partial charge in [-0.3, -0.25) is 9.79 Å². The lowest BCUT2D eigenvalue weighted by Crippen LogP contribution is -2.45. The molecule has 7 heteroatoms. The number of hydrogen-bond acceptors (Lipinski definition) is 4. The van der Waals surface area contributed by atoms with E-state index in [1.54, 1.807) is 21.3 Å². The van der Waals surface area contributed by atoms with Gasteiger partial charge in [-0.2, -0.15) is 0 Å². The van der Waals surface area contributed by atoms with Gasteiger partial charge in [-0.05, 0) is 49.8 Å². The number of rotatable bonds is 8. The summed E-state index contributed by atoms with van der Waals surface area (Å²) < 4.78 is 10.7. The first-order valence-electron chi connectivity index (χ1n) is 11.1. The average molecular weight is 417 g/mol. The van der Waals surface area contributed by atoms with Crippen molar-refractivity contribution in [3.05, 3.63) is 23.8 Å². The Kier molecular flexibility index (Phi) is 8.22. The van der Waals surface area contributed by atoms with Crippen molar-refractivity contribution in [2.24, 2.45) is 10.9 Å². The summed E-state index contributed by atoms with van der Waals surface area (Å²) in [6, 6.07) is 6.32. The van der Waals surface area contributed by atoms with Crippen molar-refractivity contribution in [1.82, 2.24) is 15.5 Å². The third kappa shape index (κ3) is 5.80. The van der Waals surface area contributed by atoms with Crippen LogP contribution in [-0.2, 0) is 11.2 Å². The molecule has 1 saturated heterocycles. The van der Waals surface area contributed by atoms with E-state index >= 15 is 0 Å². The molecule has 1 aromatic carbocycles. The van der Waals surface area contributed by atoms with E-state index in [1.165, 1.54) is 18.4 Å². The Morgan fingerprint density at radius 2 is 1.93 bits per heavy atom. The number of aliphatic imine (C=N–C) groups is 1. The maximum Gasteiger partial charge on any atom is 0.225 e. The predicted molar refractivity (Wildman–Crippen MR) is 119 cm³/mol. The monoisotopic (exact) mass is 416 g/mol. The smallest absolute Gasteiger partial charge is 0.225 e. The van der Waals surface area contributed by atoms with Crippen LogP contribution in [0.2, 0.25) is 0 Å². The number of ether oxygens (including phenoxy) is 2. The SMILES string of the molecule is CN=C(NCCCc1ccc(OC)c(OC)c1)NC1CCN(C(=O)C2CCCC2)C1. The molecule has 1 atom stereocenters. The number of carbonyl (C=O) groups excluding carboxylic acids is 1. The minimum atomic E-state index is 0.262. The first-order valence-corrected chi connectivity index (χ1v) is 11.1. The van der Waals surface area contributed by atoms with E-state index in [0.717, 1.165) is 69.2 Å². The van der Waals surface area contributed by atoms with Gasteiger partial charge in [-0.1, -0.05) is 18.9 Å². The molecule has 1 amide bonds. The summed E-state index contributed by atoms with van der Waals surface area (Å²) in [5, 5.41) is 6.88. The lowest BCUT2D eigenvalue weighted by Gasteiger charge is -2.21. The second-order valence-electron chi connectivity index (χ2n) is 8.19. The molecule has 1 saturated carbocycles. The maximum atomic E-state index is 12.6. The van der Waals surface area contributed by atoms with E-state index < -0.39 is 0 Å². The summed E-state index contributed by atoms with van der Waals surface area (Å²) >= 11 is 0. The number of benzene rings is 1. The Morgan fingerprint density at radius 3 is 2.63 bits per heavy atom. The fourth-order valence-electron chi connectivity index (χ4n) is 4.43. The fourth-order valence-corrected chi connectivity index (χ4v) is 4.43. The van der Waals surface area contributed by atoms with Crippen LogP contribution in [0.25, 0.3) is 0 Å². The molecule has 1 unspecified atom stereocenters. The van der Waals surface area contributed by atoms with E-state index in [9.17, 15) is 4.79 Å². The van der Waals surface area contributed by atoms with Crippen molar-refractivity contribution in [3.8, 4) is 11.5 Å². The number of amides is 1. The normalized spacial score (nSPS) is 19.8. The zero-order valence-electron chi connectivity index (χ0n) is 18.6. The third-order valence-corrected chi connectivity index (χ3v) is 6.15. The van der Waals surface area contributed by atoms with E-state index in [1.807, 2.05) is 17.0 Å². The molecule has 0 spiro atoms. The summed E-state index contributed by atoms with van der Waals surface area (Å²) in [5.74, 6) is 2.94. The summed E-state index contributed by atoms with van der Waals surface area (Å²) in [4.78, 5) is 19.0. The Labute approximate surface area is 180 Å². The van der Waals surface area contributed by atoms with Gasteiger partial charge in [0.2, 0.25) is 5.91 Å². The highest BCUT2D eigenvalue weighted by Crippen LogP contribution is 2.28. The van der Waals surface area contributed by atoms with Crippen molar-refractivity contribution < 1.29 is 14.3 Å². The Bertz CT molecular complexity index is 731. The van der Waals surface area contributed by atoms with E-state index in [-0.39, 0.29) is 12.0 Å². The Morgan fingerprint density at radius 1 is 1.17 bits per heavy atom. The molecule has 2 aliphatic rings. The number of nitrogens with one attached hydrogen (secondary N) is 2. The molecule has 2 fully saturated rings. The number of carbonyl (C=O) groups is 1. The van der Waals surface area contributed by atoms with Crippen LogP contribution in [0.15, 0.2) is 23.2 Å². The molecule has 1 aliphatic heterocycles. The summed E-state index contributed by atoms with van der Waals surface area (Å²) in [7, 11) is 5.10. The Balaban J connectivity index is 1.38. The molecule has 1 aliphatic carbocycles. The predicted octanol–water partition coefficient (Wildman–Crippen LogP) is 2.59.